The van der Waals surface area contributed by atoms with Gasteiger partial charge in [0.05, 0.1) is 0 Å². The molecule has 0 aliphatic heterocycles. The van der Waals surface area contributed by atoms with Gasteiger partial charge in [-0.05, 0) is 17.7 Å². The molecule has 22 heavy (non-hydrogen) atoms. The summed E-state index contributed by atoms with van der Waals surface area (Å²) in [6.07, 6.45) is 0.202. The molecule has 0 saturated heterocycles. The molecule has 1 amide bonds. The number of rotatable bonds is 7. The lowest BCUT2D eigenvalue weighted by Crippen LogP contribution is -2.42. The lowest BCUT2D eigenvalue weighted by molar-refractivity contribution is -0.139. The number of amides is 1. The molecule has 1 atom stereocenters. The molecular weight excluding hydrogens is 286 g/mol. The topological polar surface area (TPSA) is 88.8 Å². The zero-order chi connectivity index (χ0) is 15.9. The first-order valence-corrected chi connectivity index (χ1v) is 6.75. The monoisotopic (exact) mass is 303 g/mol. The van der Waals surface area contributed by atoms with Gasteiger partial charge in [0.15, 0.2) is 5.76 Å². The highest BCUT2D eigenvalue weighted by Crippen LogP contribution is 2.10. The third-order valence-electron chi connectivity index (χ3n) is 3.06. The number of aliphatic carboxylic acids is 1. The highest BCUT2D eigenvalue weighted by Gasteiger charge is 2.22. The standard InChI is InChI=1S/C16H17NO5/c1-21-10-12-7-8-14(22-12)15(18)17-13(16(19)20)9-11-5-3-2-4-6-11/h2-8,13H,9-10H2,1H3,(H,17,18)(H,19,20). The van der Waals surface area contributed by atoms with Crippen molar-refractivity contribution in [1.82, 2.24) is 5.32 Å². The maximum atomic E-state index is 12.1. The predicted octanol–water partition coefficient (Wildman–Crippen LogP) is 1.85. The first-order chi connectivity index (χ1) is 10.6. The molecular formula is C16H17NO5. The second-order valence-corrected chi connectivity index (χ2v) is 4.75. The van der Waals surface area contributed by atoms with Gasteiger partial charge < -0.3 is 19.6 Å². The van der Waals surface area contributed by atoms with Crippen molar-refractivity contribution >= 4 is 11.9 Å². The fourth-order valence-electron chi connectivity index (χ4n) is 2.00. The van der Waals surface area contributed by atoms with Crippen LogP contribution in [-0.2, 0) is 22.6 Å². The van der Waals surface area contributed by atoms with Crippen LogP contribution in [0.1, 0.15) is 21.9 Å². The van der Waals surface area contributed by atoms with Gasteiger partial charge in [0, 0.05) is 13.5 Å². The molecule has 116 valence electrons. The number of hydrogen-bond donors (Lipinski definition) is 2. The van der Waals surface area contributed by atoms with Gasteiger partial charge in [0.1, 0.15) is 18.4 Å². The van der Waals surface area contributed by atoms with Crippen molar-refractivity contribution in [2.24, 2.45) is 0 Å². The van der Waals surface area contributed by atoms with E-state index in [4.69, 9.17) is 9.15 Å². The Morgan fingerprint density at radius 1 is 1.23 bits per heavy atom. The number of carbonyl (C=O) groups excluding carboxylic acids is 1. The Morgan fingerprint density at radius 3 is 2.59 bits per heavy atom. The van der Waals surface area contributed by atoms with Crippen LogP contribution in [0, 0.1) is 0 Å². The number of ether oxygens (including phenoxy) is 1. The number of furan rings is 1. The lowest BCUT2D eigenvalue weighted by Gasteiger charge is -2.13. The molecule has 1 aromatic heterocycles. The highest BCUT2D eigenvalue weighted by molar-refractivity contribution is 5.94. The van der Waals surface area contributed by atoms with E-state index < -0.39 is 17.9 Å². The van der Waals surface area contributed by atoms with Crippen LogP contribution in [0.3, 0.4) is 0 Å². The molecule has 0 spiro atoms. The van der Waals surface area contributed by atoms with E-state index in [0.29, 0.717) is 5.76 Å². The Kier molecular flexibility index (Phi) is 5.32. The van der Waals surface area contributed by atoms with Gasteiger partial charge in [-0.3, -0.25) is 4.79 Å². The quantitative estimate of drug-likeness (QED) is 0.815. The minimum absolute atomic E-state index is 0.0614. The third kappa shape index (κ3) is 4.20. The van der Waals surface area contributed by atoms with Crippen molar-refractivity contribution in [3.05, 3.63) is 59.5 Å². The van der Waals surface area contributed by atoms with Gasteiger partial charge in [0.25, 0.3) is 5.91 Å². The maximum absolute atomic E-state index is 12.1. The fraction of sp³-hybridized carbons (Fsp3) is 0.250. The lowest BCUT2D eigenvalue weighted by atomic mass is 10.1. The van der Waals surface area contributed by atoms with E-state index >= 15 is 0 Å². The first-order valence-electron chi connectivity index (χ1n) is 6.75. The van der Waals surface area contributed by atoms with Crippen molar-refractivity contribution in [2.75, 3.05) is 7.11 Å². The largest absolute Gasteiger partial charge is 0.480 e. The van der Waals surface area contributed by atoms with E-state index in [-0.39, 0.29) is 18.8 Å². The highest BCUT2D eigenvalue weighted by atomic mass is 16.5. The molecule has 0 aliphatic rings. The van der Waals surface area contributed by atoms with E-state index in [2.05, 4.69) is 5.32 Å². The molecule has 2 rings (SSSR count). The molecule has 0 bridgehead atoms. The Hall–Kier alpha value is -2.60. The van der Waals surface area contributed by atoms with Gasteiger partial charge in [-0.25, -0.2) is 4.79 Å². The van der Waals surface area contributed by atoms with E-state index in [1.54, 1.807) is 6.07 Å². The van der Waals surface area contributed by atoms with Gasteiger partial charge in [-0.1, -0.05) is 30.3 Å². The average Bonchev–Trinajstić information content (AvgIpc) is 2.96. The number of methoxy groups -OCH3 is 1. The van der Waals surface area contributed by atoms with Crippen LogP contribution in [0.2, 0.25) is 0 Å². The van der Waals surface area contributed by atoms with Crippen LogP contribution < -0.4 is 5.32 Å². The van der Waals surface area contributed by atoms with Crippen molar-refractivity contribution in [3.8, 4) is 0 Å². The van der Waals surface area contributed by atoms with E-state index in [9.17, 15) is 14.7 Å². The summed E-state index contributed by atoms with van der Waals surface area (Å²) in [6.45, 7) is 0.250. The van der Waals surface area contributed by atoms with Crippen LogP contribution in [0.4, 0.5) is 0 Å². The number of carbonyl (C=O) groups is 2. The Morgan fingerprint density at radius 2 is 1.95 bits per heavy atom. The average molecular weight is 303 g/mol. The summed E-state index contributed by atoms with van der Waals surface area (Å²) in [6, 6.07) is 11.2. The molecule has 0 aliphatic carbocycles. The maximum Gasteiger partial charge on any atom is 0.326 e. The Labute approximate surface area is 127 Å². The van der Waals surface area contributed by atoms with Gasteiger partial charge >= 0.3 is 5.97 Å². The number of carboxylic acids is 1. The van der Waals surface area contributed by atoms with Crippen molar-refractivity contribution in [2.45, 2.75) is 19.1 Å². The number of benzene rings is 1. The number of hydrogen-bond acceptors (Lipinski definition) is 4. The zero-order valence-electron chi connectivity index (χ0n) is 12.1. The molecule has 0 saturated carbocycles. The van der Waals surface area contributed by atoms with Crippen molar-refractivity contribution in [3.63, 3.8) is 0 Å². The van der Waals surface area contributed by atoms with Gasteiger partial charge in [0.2, 0.25) is 0 Å². The summed E-state index contributed by atoms with van der Waals surface area (Å²) in [4.78, 5) is 23.4. The molecule has 1 aromatic carbocycles. The second-order valence-electron chi connectivity index (χ2n) is 4.75. The summed E-state index contributed by atoms with van der Waals surface area (Å²) in [5.41, 5.74) is 0.828. The van der Waals surface area contributed by atoms with E-state index in [0.717, 1.165) is 5.56 Å². The zero-order valence-corrected chi connectivity index (χ0v) is 12.1. The second kappa shape index (κ2) is 7.42. The Balaban J connectivity index is 2.03. The van der Waals surface area contributed by atoms with Crippen LogP contribution in [0.5, 0.6) is 0 Å². The molecule has 2 N–H and O–H groups in total. The van der Waals surface area contributed by atoms with Gasteiger partial charge in [-0.15, -0.1) is 0 Å². The van der Waals surface area contributed by atoms with Crippen molar-refractivity contribution in [1.29, 1.82) is 0 Å². The molecule has 1 unspecified atom stereocenters. The van der Waals surface area contributed by atoms with Crippen molar-refractivity contribution < 1.29 is 23.8 Å². The minimum atomic E-state index is -1.10. The molecule has 0 radical (unpaired) electrons. The molecule has 6 heteroatoms. The van der Waals surface area contributed by atoms with Crippen LogP contribution in [-0.4, -0.2) is 30.1 Å². The molecule has 2 aromatic rings. The Bertz CT molecular complexity index is 635. The van der Waals surface area contributed by atoms with E-state index in [1.807, 2.05) is 30.3 Å². The van der Waals surface area contributed by atoms with Crippen LogP contribution in [0.15, 0.2) is 46.9 Å². The molecule has 0 fully saturated rings. The normalized spacial score (nSPS) is 11.9. The molecule has 6 nitrogen and oxygen atoms in total. The van der Waals surface area contributed by atoms with E-state index in [1.165, 1.54) is 13.2 Å². The summed E-state index contributed by atoms with van der Waals surface area (Å²) in [5, 5.41) is 11.7. The fourth-order valence-corrected chi connectivity index (χ4v) is 2.00. The molecule has 1 heterocycles. The summed E-state index contributed by atoms with van der Waals surface area (Å²) in [5.74, 6) is -1.10. The number of nitrogens with one attached hydrogen (secondary N) is 1. The minimum Gasteiger partial charge on any atom is -0.480 e. The van der Waals surface area contributed by atoms with Crippen LogP contribution in [0.25, 0.3) is 0 Å². The number of carboxylic acid groups (broad SMARTS) is 1. The first kappa shape index (κ1) is 15.8. The van der Waals surface area contributed by atoms with Gasteiger partial charge in [-0.2, -0.15) is 0 Å². The summed E-state index contributed by atoms with van der Waals surface area (Å²) >= 11 is 0. The smallest absolute Gasteiger partial charge is 0.326 e. The summed E-state index contributed by atoms with van der Waals surface area (Å²) < 4.78 is 10.2. The third-order valence-corrected chi connectivity index (χ3v) is 3.06. The van der Waals surface area contributed by atoms with Crippen LogP contribution >= 0.6 is 0 Å². The predicted molar refractivity (Wildman–Crippen MR) is 78.5 cm³/mol. The SMILES string of the molecule is COCc1ccc(C(=O)NC(Cc2ccccc2)C(=O)O)o1. The summed E-state index contributed by atoms with van der Waals surface area (Å²) in [7, 11) is 1.52.